The average Bonchev–Trinajstić information content (AvgIpc) is 2.96. The normalized spacial score (nSPS) is 23.2. The summed E-state index contributed by atoms with van der Waals surface area (Å²) in [4.78, 5) is 0. The standard InChI is InChI=1S/C15H20O2/c1-15(8-2-3-9-15)14(16)12-6-4-5-11-7-10-17-13(11)12/h4-6,14,16H,2-3,7-10H2,1H3. The Morgan fingerprint density at radius 2 is 2.06 bits per heavy atom. The predicted octanol–water partition coefficient (Wildman–Crippen LogP) is 3.24. The maximum Gasteiger partial charge on any atom is 0.128 e. The van der Waals surface area contributed by atoms with Crippen molar-refractivity contribution in [2.45, 2.75) is 45.1 Å². The molecule has 1 N–H and O–H groups in total. The molecule has 17 heavy (non-hydrogen) atoms. The van der Waals surface area contributed by atoms with Crippen LogP contribution in [0, 0.1) is 5.41 Å². The fraction of sp³-hybridized carbons (Fsp3) is 0.600. The van der Waals surface area contributed by atoms with Gasteiger partial charge < -0.3 is 9.84 Å². The van der Waals surface area contributed by atoms with Gasteiger partial charge in [-0.25, -0.2) is 0 Å². The Morgan fingerprint density at radius 1 is 1.29 bits per heavy atom. The molecule has 0 saturated heterocycles. The monoisotopic (exact) mass is 232 g/mol. The van der Waals surface area contributed by atoms with Crippen LogP contribution < -0.4 is 4.74 Å². The molecule has 1 aliphatic heterocycles. The number of hydrogen-bond donors (Lipinski definition) is 1. The van der Waals surface area contributed by atoms with Crippen LogP contribution in [0.4, 0.5) is 0 Å². The Balaban J connectivity index is 1.96. The summed E-state index contributed by atoms with van der Waals surface area (Å²) in [5.41, 5.74) is 2.30. The summed E-state index contributed by atoms with van der Waals surface area (Å²) in [6.45, 7) is 2.97. The molecule has 0 radical (unpaired) electrons. The number of aliphatic hydroxyl groups excluding tert-OH is 1. The predicted molar refractivity (Wildman–Crippen MR) is 67.2 cm³/mol. The van der Waals surface area contributed by atoms with E-state index in [1.165, 1.54) is 18.4 Å². The molecular formula is C15H20O2. The molecule has 0 spiro atoms. The molecule has 0 aromatic heterocycles. The lowest BCUT2D eigenvalue weighted by atomic mass is 9.79. The average molecular weight is 232 g/mol. The number of rotatable bonds is 2. The van der Waals surface area contributed by atoms with Crippen LogP contribution >= 0.6 is 0 Å². The van der Waals surface area contributed by atoms with Crippen molar-refractivity contribution in [2.24, 2.45) is 5.41 Å². The maximum absolute atomic E-state index is 10.7. The summed E-state index contributed by atoms with van der Waals surface area (Å²) in [6, 6.07) is 6.18. The molecule has 1 unspecified atom stereocenters. The van der Waals surface area contributed by atoms with Gasteiger partial charge >= 0.3 is 0 Å². The highest BCUT2D eigenvalue weighted by Crippen LogP contribution is 2.49. The van der Waals surface area contributed by atoms with E-state index in [9.17, 15) is 5.11 Å². The van der Waals surface area contributed by atoms with E-state index in [0.29, 0.717) is 0 Å². The second-order valence-electron chi connectivity index (χ2n) is 5.70. The topological polar surface area (TPSA) is 29.5 Å². The summed E-state index contributed by atoms with van der Waals surface area (Å²) in [7, 11) is 0. The third-order valence-corrected chi connectivity index (χ3v) is 4.45. The smallest absolute Gasteiger partial charge is 0.128 e. The van der Waals surface area contributed by atoms with E-state index in [0.717, 1.165) is 37.2 Å². The lowest BCUT2D eigenvalue weighted by Gasteiger charge is -2.31. The molecule has 0 amide bonds. The van der Waals surface area contributed by atoms with Gasteiger partial charge in [0, 0.05) is 12.0 Å². The highest BCUT2D eigenvalue weighted by Gasteiger charge is 2.38. The van der Waals surface area contributed by atoms with E-state index in [1.807, 2.05) is 12.1 Å². The molecule has 2 nitrogen and oxygen atoms in total. The maximum atomic E-state index is 10.7. The molecule has 1 atom stereocenters. The van der Waals surface area contributed by atoms with Crippen molar-refractivity contribution >= 4 is 0 Å². The molecule has 1 fully saturated rings. The molecule has 2 aliphatic rings. The molecular weight excluding hydrogens is 212 g/mol. The molecule has 0 bridgehead atoms. The molecule has 1 saturated carbocycles. The zero-order valence-corrected chi connectivity index (χ0v) is 10.4. The minimum atomic E-state index is -0.377. The van der Waals surface area contributed by atoms with Gasteiger partial charge in [-0.15, -0.1) is 0 Å². The van der Waals surface area contributed by atoms with Gasteiger partial charge in [0.2, 0.25) is 0 Å². The van der Waals surface area contributed by atoms with Crippen LogP contribution in [-0.2, 0) is 6.42 Å². The van der Waals surface area contributed by atoms with Crippen LogP contribution in [0.25, 0.3) is 0 Å². The Morgan fingerprint density at radius 3 is 2.82 bits per heavy atom. The van der Waals surface area contributed by atoms with E-state index >= 15 is 0 Å². The van der Waals surface area contributed by atoms with Crippen LogP contribution in [-0.4, -0.2) is 11.7 Å². The van der Waals surface area contributed by atoms with Gasteiger partial charge in [0.25, 0.3) is 0 Å². The van der Waals surface area contributed by atoms with Gasteiger partial charge in [-0.1, -0.05) is 38.0 Å². The van der Waals surface area contributed by atoms with Crippen molar-refractivity contribution in [3.05, 3.63) is 29.3 Å². The minimum absolute atomic E-state index is 0.0427. The third-order valence-electron chi connectivity index (χ3n) is 4.45. The first kappa shape index (κ1) is 11.1. The fourth-order valence-electron chi connectivity index (χ4n) is 3.29. The lowest BCUT2D eigenvalue weighted by molar-refractivity contribution is 0.0388. The molecule has 2 heteroatoms. The number of ether oxygens (including phenoxy) is 1. The largest absolute Gasteiger partial charge is 0.493 e. The van der Waals surface area contributed by atoms with Gasteiger partial charge in [0.05, 0.1) is 12.7 Å². The van der Waals surface area contributed by atoms with E-state index in [2.05, 4.69) is 13.0 Å². The van der Waals surface area contributed by atoms with Crippen LogP contribution in [0.2, 0.25) is 0 Å². The zero-order valence-electron chi connectivity index (χ0n) is 10.4. The van der Waals surface area contributed by atoms with Crippen LogP contribution in [0.15, 0.2) is 18.2 Å². The Labute approximate surface area is 103 Å². The Bertz CT molecular complexity index is 419. The third kappa shape index (κ3) is 1.75. The number of hydrogen-bond acceptors (Lipinski definition) is 2. The lowest BCUT2D eigenvalue weighted by Crippen LogP contribution is -2.22. The Kier molecular flexibility index (Phi) is 2.62. The minimum Gasteiger partial charge on any atom is -0.493 e. The number of benzene rings is 1. The van der Waals surface area contributed by atoms with Crippen molar-refractivity contribution in [1.82, 2.24) is 0 Å². The Hall–Kier alpha value is -1.02. The van der Waals surface area contributed by atoms with Crippen molar-refractivity contribution in [1.29, 1.82) is 0 Å². The summed E-state index contributed by atoms with van der Waals surface area (Å²) < 4.78 is 5.70. The number of para-hydroxylation sites is 1. The molecule has 1 aromatic rings. The van der Waals surface area contributed by atoms with Crippen molar-refractivity contribution in [3.63, 3.8) is 0 Å². The number of fused-ring (bicyclic) bond motifs is 1. The fourth-order valence-corrected chi connectivity index (χ4v) is 3.29. The van der Waals surface area contributed by atoms with Crippen molar-refractivity contribution in [2.75, 3.05) is 6.61 Å². The summed E-state index contributed by atoms with van der Waals surface area (Å²) >= 11 is 0. The molecule has 3 rings (SSSR count). The van der Waals surface area contributed by atoms with E-state index in [-0.39, 0.29) is 11.5 Å². The highest BCUT2D eigenvalue weighted by atomic mass is 16.5. The second kappa shape index (κ2) is 4.02. The first-order valence-electron chi connectivity index (χ1n) is 6.63. The van der Waals surface area contributed by atoms with E-state index in [1.54, 1.807) is 0 Å². The van der Waals surface area contributed by atoms with Crippen LogP contribution in [0.3, 0.4) is 0 Å². The van der Waals surface area contributed by atoms with Crippen molar-refractivity contribution < 1.29 is 9.84 Å². The van der Waals surface area contributed by atoms with Crippen LogP contribution in [0.5, 0.6) is 5.75 Å². The molecule has 92 valence electrons. The zero-order chi connectivity index (χ0) is 11.9. The number of aliphatic hydroxyl groups is 1. The van der Waals surface area contributed by atoms with Gasteiger partial charge in [0.1, 0.15) is 5.75 Å². The van der Waals surface area contributed by atoms with E-state index in [4.69, 9.17) is 4.74 Å². The second-order valence-corrected chi connectivity index (χ2v) is 5.70. The molecule has 1 aliphatic carbocycles. The van der Waals surface area contributed by atoms with Gasteiger partial charge in [0.15, 0.2) is 0 Å². The first-order valence-corrected chi connectivity index (χ1v) is 6.63. The highest BCUT2D eigenvalue weighted by molar-refractivity contribution is 5.45. The first-order chi connectivity index (χ1) is 8.21. The summed E-state index contributed by atoms with van der Waals surface area (Å²) in [5.74, 6) is 0.952. The van der Waals surface area contributed by atoms with Gasteiger partial charge in [-0.2, -0.15) is 0 Å². The van der Waals surface area contributed by atoms with Crippen molar-refractivity contribution in [3.8, 4) is 5.75 Å². The van der Waals surface area contributed by atoms with Gasteiger partial charge in [-0.3, -0.25) is 0 Å². The molecule has 1 aromatic carbocycles. The molecule has 1 heterocycles. The van der Waals surface area contributed by atoms with Crippen LogP contribution in [0.1, 0.15) is 49.8 Å². The van der Waals surface area contributed by atoms with Gasteiger partial charge in [-0.05, 0) is 23.8 Å². The quantitative estimate of drug-likeness (QED) is 0.848. The van der Waals surface area contributed by atoms with E-state index < -0.39 is 0 Å². The summed E-state index contributed by atoms with van der Waals surface area (Å²) in [5, 5.41) is 10.7. The SMILES string of the molecule is CC1(C(O)c2cccc3c2OCC3)CCCC1. The summed E-state index contributed by atoms with van der Waals surface area (Å²) in [6.07, 6.45) is 5.33.